The summed E-state index contributed by atoms with van der Waals surface area (Å²) in [7, 11) is 0. The van der Waals surface area contributed by atoms with E-state index in [0.717, 1.165) is 16.7 Å². The van der Waals surface area contributed by atoms with Gasteiger partial charge in [0.2, 0.25) is 0 Å². The number of rotatable bonds is 11. The van der Waals surface area contributed by atoms with Crippen molar-refractivity contribution in [3.63, 3.8) is 0 Å². The lowest BCUT2D eigenvalue weighted by molar-refractivity contribution is -0.117. The molecule has 36 heavy (non-hydrogen) atoms. The summed E-state index contributed by atoms with van der Waals surface area (Å²) in [6.07, 6.45) is 4.57. The number of aliphatic hydroxyl groups excluding tert-OH is 1. The molecule has 0 aliphatic heterocycles. The normalized spacial score (nSPS) is 10.7. The van der Waals surface area contributed by atoms with Gasteiger partial charge in [-0.15, -0.1) is 0 Å². The second-order valence-electron chi connectivity index (χ2n) is 8.64. The Hall–Kier alpha value is -4.23. The highest BCUT2D eigenvalue weighted by Gasteiger charge is 2.11. The first kappa shape index (κ1) is 24.9. The molecule has 0 fully saturated rings. The fourth-order valence-corrected chi connectivity index (χ4v) is 3.83. The van der Waals surface area contributed by atoms with E-state index in [9.17, 15) is 9.59 Å². The number of benzene rings is 2. The van der Waals surface area contributed by atoms with Crippen molar-refractivity contribution in [2.24, 2.45) is 0 Å². The number of hydrogen-bond acceptors (Lipinski definition) is 5. The fraction of sp³-hybridized carbons (Fsp3) is 0.207. The first-order valence-electron chi connectivity index (χ1n) is 11.9. The van der Waals surface area contributed by atoms with Gasteiger partial charge in [-0.05, 0) is 48.7 Å². The zero-order chi connectivity index (χ0) is 25.3. The molecule has 0 bridgehead atoms. The van der Waals surface area contributed by atoms with Crippen LogP contribution in [0, 0.1) is 6.92 Å². The van der Waals surface area contributed by atoms with E-state index in [0.29, 0.717) is 54.3 Å². The van der Waals surface area contributed by atoms with Crippen LogP contribution in [-0.4, -0.2) is 39.9 Å². The number of Topliss-reactive ketones (excluding diaryl/α,β-unsaturated/α-hetero) is 1. The molecule has 2 heterocycles. The standard InChI is InChI=1S/C29H29N3O4/c1-20-4-2-5-22(14-20)16-24(34)15-21-6-8-25(9-7-21)36-26-10-12-30-28(18-26)27-17-23(19-32-27)29(35)31-11-3-13-33/h2,4-10,12,14,17-19,32-33H,3,11,13,15-16H2,1H3,(H,31,35). The number of aryl methyl sites for hydroxylation is 1. The third-order valence-corrected chi connectivity index (χ3v) is 5.62. The first-order chi connectivity index (χ1) is 17.5. The quantitative estimate of drug-likeness (QED) is 0.270. The number of carbonyl (C=O) groups excluding carboxylic acids is 2. The zero-order valence-electron chi connectivity index (χ0n) is 20.2. The molecule has 7 nitrogen and oxygen atoms in total. The van der Waals surface area contributed by atoms with Crippen LogP contribution in [-0.2, 0) is 17.6 Å². The fourth-order valence-electron chi connectivity index (χ4n) is 3.83. The van der Waals surface area contributed by atoms with E-state index in [1.54, 1.807) is 30.6 Å². The Labute approximate surface area is 210 Å². The van der Waals surface area contributed by atoms with Gasteiger partial charge in [-0.25, -0.2) is 0 Å². The van der Waals surface area contributed by atoms with Gasteiger partial charge >= 0.3 is 0 Å². The lowest BCUT2D eigenvalue weighted by atomic mass is 10.0. The molecule has 0 radical (unpaired) electrons. The summed E-state index contributed by atoms with van der Waals surface area (Å²) in [5.41, 5.74) is 4.94. The van der Waals surface area contributed by atoms with Crippen LogP contribution < -0.4 is 10.1 Å². The minimum absolute atomic E-state index is 0.0320. The molecule has 1 amide bonds. The molecule has 4 aromatic rings. The molecule has 7 heteroatoms. The SMILES string of the molecule is Cc1cccc(CC(=O)Cc2ccc(Oc3ccnc(-c4cc(C(=O)NCCCO)c[nH]4)c3)cc2)c1. The van der Waals surface area contributed by atoms with E-state index in [-0.39, 0.29) is 18.3 Å². The number of pyridine rings is 1. The van der Waals surface area contributed by atoms with Crippen LogP contribution in [0.25, 0.3) is 11.4 Å². The third kappa shape index (κ3) is 6.90. The molecule has 0 saturated carbocycles. The van der Waals surface area contributed by atoms with E-state index in [4.69, 9.17) is 9.84 Å². The molecule has 184 valence electrons. The van der Waals surface area contributed by atoms with Crippen LogP contribution in [0.1, 0.15) is 33.5 Å². The molecular formula is C29H29N3O4. The molecule has 3 N–H and O–H groups in total. The number of aliphatic hydroxyl groups is 1. The summed E-state index contributed by atoms with van der Waals surface area (Å²) in [4.78, 5) is 32.1. The maximum atomic E-state index is 12.5. The summed E-state index contributed by atoms with van der Waals surface area (Å²) >= 11 is 0. The average Bonchev–Trinajstić information content (AvgIpc) is 3.36. The van der Waals surface area contributed by atoms with Crippen molar-refractivity contribution in [3.8, 4) is 22.9 Å². The van der Waals surface area contributed by atoms with Crippen molar-refractivity contribution >= 4 is 11.7 Å². The van der Waals surface area contributed by atoms with Gasteiger partial charge in [0.25, 0.3) is 5.91 Å². The number of aromatic nitrogens is 2. The van der Waals surface area contributed by atoms with Gasteiger partial charge in [0.1, 0.15) is 17.3 Å². The summed E-state index contributed by atoms with van der Waals surface area (Å²) in [6.45, 7) is 2.47. The van der Waals surface area contributed by atoms with Crippen LogP contribution in [0.3, 0.4) is 0 Å². The number of H-pyrrole nitrogens is 1. The predicted molar refractivity (Wildman–Crippen MR) is 138 cm³/mol. The number of hydrogen-bond donors (Lipinski definition) is 3. The Morgan fingerprint density at radius 1 is 0.972 bits per heavy atom. The van der Waals surface area contributed by atoms with Crippen molar-refractivity contribution < 1.29 is 19.4 Å². The predicted octanol–water partition coefficient (Wildman–Crippen LogP) is 4.64. The van der Waals surface area contributed by atoms with Gasteiger partial charge in [-0.3, -0.25) is 14.6 Å². The van der Waals surface area contributed by atoms with Crippen LogP contribution >= 0.6 is 0 Å². The maximum absolute atomic E-state index is 12.5. The van der Waals surface area contributed by atoms with Crippen molar-refractivity contribution in [2.75, 3.05) is 13.2 Å². The minimum Gasteiger partial charge on any atom is -0.457 e. The van der Waals surface area contributed by atoms with Crippen molar-refractivity contribution in [2.45, 2.75) is 26.2 Å². The molecule has 0 aliphatic carbocycles. The van der Waals surface area contributed by atoms with Crippen LogP contribution in [0.5, 0.6) is 11.5 Å². The Balaban J connectivity index is 1.35. The molecule has 0 saturated heterocycles. The van der Waals surface area contributed by atoms with E-state index in [1.165, 1.54) is 0 Å². The summed E-state index contributed by atoms with van der Waals surface area (Å²) in [5, 5.41) is 11.6. The third-order valence-electron chi connectivity index (χ3n) is 5.62. The second-order valence-corrected chi connectivity index (χ2v) is 8.64. The lowest BCUT2D eigenvalue weighted by Crippen LogP contribution is -2.24. The molecular weight excluding hydrogens is 454 g/mol. The Morgan fingerprint density at radius 2 is 1.78 bits per heavy atom. The summed E-state index contributed by atoms with van der Waals surface area (Å²) in [6, 6.07) is 20.8. The highest BCUT2D eigenvalue weighted by Crippen LogP contribution is 2.26. The number of nitrogens with zero attached hydrogens (tertiary/aromatic N) is 1. The number of aromatic amines is 1. The van der Waals surface area contributed by atoms with Crippen molar-refractivity contribution in [1.82, 2.24) is 15.3 Å². The number of carbonyl (C=O) groups is 2. The Bertz CT molecular complexity index is 1330. The van der Waals surface area contributed by atoms with Crippen LogP contribution in [0.4, 0.5) is 0 Å². The van der Waals surface area contributed by atoms with Crippen molar-refractivity contribution in [3.05, 3.63) is 101 Å². The van der Waals surface area contributed by atoms with Gasteiger partial charge in [0.15, 0.2) is 0 Å². The van der Waals surface area contributed by atoms with Gasteiger partial charge in [-0.2, -0.15) is 0 Å². The smallest absolute Gasteiger partial charge is 0.252 e. The molecule has 0 aliphatic rings. The van der Waals surface area contributed by atoms with E-state index >= 15 is 0 Å². The number of ether oxygens (including phenoxy) is 1. The van der Waals surface area contributed by atoms with Gasteiger partial charge in [0, 0.05) is 44.5 Å². The van der Waals surface area contributed by atoms with Crippen LogP contribution in [0.2, 0.25) is 0 Å². The molecule has 0 atom stereocenters. The van der Waals surface area contributed by atoms with Crippen LogP contribution in [0.15, 0.2) is 79.1 Å². The van der Waals surface area contributed by atoms with Gasteiger partial charge in [-0.1, -0.05) is 42.0 Å². The highest BCUT2D eigenvalue weighted by atomic mass is 16.5. The monoisotopic (exact) mass is 483 g/mol. The molecule has 0 unspecified atom stereocenters. The molecule has 0 spiro atoms. The lowest BCUT2D eigenvalue weighted by Gasteiger charge is -2.08. The topological polar surface area (TPSA) is 104 Å². The second kappa shape index (κ2) is 12.0. The zero-order valence-corrected chi connectivity index (χ0v) is 20.2. The summed E-state index contributed by atoms with van der Waals surface area (Å²) < 4.78 is 5.99. The Morgan fingerprint density at radius 3 is 2.56 bits per heavy atom. The molecule has 2 aromatic heterocycles. The Kier molecular flexibility index (Phi) is 8.26. The first-order valence-corrected chi connectivity index (χ1v) is 11.9. The van der Waals surface area contributed by atoms with Gasteiger partial charge in [0.05, 0.1) is 17.0 Å². The van der Waals surface area contributed by atoms with E-state index in [2.05, 4.69) is 15.3 Å². The number of amides is 1. The van der Waals surface area contributed by atoms with E-state index in [1.807, 2.05) is 55.5 Å². The largest absolute Gasteiger partial charge is 0.457 e. The maximum Gasteiger partial charge on any atom is 0.252 e. The highest BCUT2D eigenvalue weighted by molar-refractivity contribution is 5.95. The van der Waals surface area contributed by atoms with E-state index < -0.39 is 0 Å². The average molecular weight is 484 g/mol. The number of ketones is 1. The molecule has 2 aromatic carbocycles. The van der Waals surface area contributed by atoms with Crippen molar-refractivity contribution in [1.29, 1.82) is 0 Å². The van der Waals surface area contributed by atoms with Gasteiger partial charge < -0.3 is 20.1 Å². The summed E-state index contributed by atoms with van der Waals surface area (Å²) in [5.74, 6) is 1.21. The number of nitrogens with one attached hydrogen (secondary N) is 2. The minimum atomic E-state index is -0.212. The molecule has 4 rings (SSSR count).